The molecule has 2 rings (SSSR count). The number of aliphatic carboxylic acids is 1. The highest BCUT2D eigenvalue weighted by atomic mass is 16.4. The second kappa shape index (κ2) is 5.25. The molecular formula is C15H19NO2. The van der Waals surface area contributed by atoms with E-state index in [0.717, 1.165) is 13.0 Å². The highest BCUT2D eigenvalue weighted by molar-refractivity contribution is 5.85. The fourth-order valence-corrected chi connectivity index (χ4v) is 2.41. The van der Waals surface area contributed by atoms with Gasteiger partial charge in [-0.25, -0.2) is 4.79 Å². The number of nitrogens with zero attached hydrogens (tertiary/aromatic N) is 1. The molecule has 1 aliphatic heterocycles. The van der Waals surface area contributed by atoms with Crippen molar-refractivity contribution < 1.29 is 9.90 Å². The topological polar surface area (TPSA) is 40.5 Å². The van der Waals surface area contributed by atoms with E-state index in [-0.39, 0.29) is 0 Å². The molecule has 0 aliphatic carbocycles. The van der Waals surface area contributed by atoms with Gasteiger partial charge in [-0.05, 0) is 30.9 Å². The van der Waals surface area contributed by atoms with Crippen molar-refractivity contribution in [2.45, 2.75) is 20.3 Å². The van der Waals surface area contributed by atoms with Crippen LogP contribution in [-0.4, -0.2) is 24.2 Å². The molecule has 1 heterocycles. The summed E-state index contributed by atoms with van der Waals surface area (Å²) >= 11 is 0. The lowest BCUT2D eigenvalue weighted by Crippen LogP contribution is -2.34. The number of carbonyl (C=O) groups is 1. The minimum atomic E-state index is -0.839. The van der Waals surface area contributed by atoms with Gasteiger partial charge in [0, 0.05) is 24.4 Å². The number of carboxylic acids is 1. The van der Waals surface area contributed by atoms with Gasteiger partial charge in [-0.2, -0.15) is 0 Å². The van der Waals surface area contributed by atoms with Crippen LogP contribution in [0.2, 0.25) is 0 Å². The molecule has 0 radical (unpaired) electrons. The van der Waals surface area contributed by atoms with Gasteiger partial charge in [0.25, 0.3) is 0 Å². The van der Waals surface area contributed by atoms with Crippen molar-refractivity contribution in [1.82, 2.24) is 0 Å². The zero-order valence-corrected chi connectivity index (χ0v) is 10.9. The van der Waals surface area contributed by atoms with Gasteiger partial charge >= 0.3 is 5.97 Å². The Balaban J connectivity index is 2.19. The Labute approximate surface area is 108 Å². The Kier molecular flexibility index (Phi) is 3.70. The number of hydrogen-bond acceptors (Lipinski definition) is 2. The van der Waals surface area contributed by atoms with Crippen LogP contribution in [0.15, 0.2) is 35.9 Å². The molecule has 1 aliphatic rings. The van der Waals surface area contributed by atoms with Crippen molar-refractivity contribution >= 4 is 11.7 Å². The summed E-state index contributed by atoms with van der Waals surface area (Å²) in [5, 5.41) is 8.87. The summed E-state index contributed by atoms with van der Waals surface area (Å²) in [7, 11) is 0. The minimum absolute atomic E-state index is 0.408. The van der Waals surface area contributed by atoms with Crippen LogP contribution >= 0.6 is 0 Å². The largest absolute Gasteiger partial charge is 0.478 e. The number of rotatable bonds is 3. The molecular weight excluding hydrogens is 226 g/mol. The number of hydrogen-bond donors (Lipinski definition) is 1. The van der Waals surface area contributed by atoms with E-state index in [4.69, 9.17) is 5.11 Å². The van der Waals surface area contributed by atoms with Crippen molar-refractivity contribution in [3.05, 3.63) is 41.5 Å². The predicted molar refractivity (Wildman–Crippen MR) is 72.9 cm³/mol. The van der Waals surface area contributed by atoms with E-state index >= 15 is 0 Å². The standard InChI is InChI=1S/C15H19NO2/c1-11-9-13-5-3-4-6-14(13)16(10-11)8-7-12(2)15(17)18/h3-7,11H,8-10H2,1-2H3,(H,17,18). The Morgan fingerprint density at radius 1 is 1.50 bits per heavy atom. The van der Waals surface area contributed by atoms with Gasteiger partial charge in [0.2, 0.25) is 0 Å². The van der Waals surface area contributed by atoms with Crippen LogP contribution in [-0.2, 0) is 11.2 Å². The van der Waals surface area contributed by atoms with Crippen molar-refractivity contribution in [3.63, 3.8) is 0 Å². The van der Waals surface area contributed by atoms with Crippen LogP contribution in [0, 0.1) is 5.92 Å². The maximum atomic E-state index is 10.8. The van der Waals surface area contributed by atoms with Crippen LogP contribution in [0.4, 0.5) is 5.69 Å². The smallest absolute Gasteiger partial charge is 0.331 e. The summed E-state index contributed by atoms with van der Waals surface area (Å²) in [6, 6.07) is 8.37. The number of fused-ring (bicyclic) bond motifs is 1. The van der Waals surface area contributed by atoms with Gasteiger partial charge in [0.15, 0.2) is 0 Å². The molecule has 3 heteroatoms. The van der Waals surface area contributed by atoms with Crippen LogP contribution < -0.4 is 4.90 Å². The lowest BCUT2D eigenvalue weighted by molar-refractivity contribution is -0.132. The Morgan fingerprint density at radius 3 is 2.94 bits per heavy atom. The van der Waals surface area contributed by atoms with Crippen LogP contribution in [0.25, 0.3) is 0 Å². The second-order valence-electron chi connectivity index (χ2n) is 5.04. The van der Waals surface area contributed by atoms with E-state index in [1.165, 1.54) is 11.3 Å². The highest BCUT2D eigenvalue weighted by Gasteiger charge is 2.20. The lowest BCUT2D eigenvalue weighted by atomic mass is 9.94. The van der Waals surface area contributed by atoms with Gasteiger partial charge in [-0.15, -0.1) is 0 Å². The van der Waals surface area contributed by atoms with E-state index in [9.17, 15) is 4.79 Å². The molecule has 0 saturated carbocycles. The fourth-order valence-electron chi connectivity index (χ4n) is 2.41. The number of benzene rings is 1. The summed E-state index contributed by atoms with van der Waals surface area (Å²) in [5.41, 5.74) is 3.01. The fraction of sp³-hybridized carbons (Fsp3) is 0.400. The molecule has 1 unspecified atom stereocenters. The molecule has 96 valence electrons. The zero-order valence-electron chi connectivity index (χ0n) is 10.9. The Bertz CT molecular complexity index is 479. The molecule has 3 nitrogen and oxygen atoms in total. The van der Waals surface area contributed by atoms with Gasteiger partial charge < -0.3 is 10.0 Å². The Morgan fingerprint density at radius 2 is 2.22 bits per heavy atom. The highest BCUT2D eigenvalue weighted by Crippen LogP contribution is 2.29. The molecule has 0 amide bonds. The lowest BCUT2D eigenvalue weighted by Gasteiger charge is -2.34. The van der Waals surface area contributed by atoms with E-state index in [1.807, 2.05) is 6.07 Å². The van der Waals surface area contributed by atoms with Crippen LogP contribution in [0.1, 0.15) is 19.4 Å². The summed E-state index contributed by atoms with van der Waals surface area (Å²) in [4.78, 5) is 13.1. The second-order valence-corrected chi connectivity index (χ2v) is 5.04. The maximum Gasteiger partial charge on any atom is 0.331 e. The zero-order chi connectivity index (χ0) is 13.1. The summed E-state index contributed by atoms with van der Waals surface area (Å²) < 4.78 is 0. The molecule has 0 bridgehead atoms. The first-order valence-corrected chi connectivity index (χ1v) is 6.31. The maximum absolute atomic E-state index is 10.8. The first-order valence-electron chi connectivity index (χ1n) is 6.31. The SMILES string of the molecule is CC(=CCN1CC(C)Cc2ccccc21)C(=O)O. The van der Waals surface area contributed by atoms with E-state index in [1.54, 1.807) is 13.0 Å². The van der Waals surface area contributed by atoms with E-state index in [2.05, 4.69) is 30.0 Å². The Hall–Kier alpha value is -1.77. The number of carboxylic acid groups (broad SMARTS) is 1. The third-order valence-corrected chi connectivity index (χ3v) is 3.39. The first-order chi connectivity index (χ1) is 8.58. The van der Waals surface area contributed by atoms with Crippen LogP contribution in [0.5, 0.6) is 0 Å². The average Bonchev–Trinajstić information content (AvgIpc) is 2.35. The molecule has 1 N–H and O–H groups in total. The molecule has 0 spiro atoms. The molecule has 1 aromatic carbocycles. The first kappa shape index (κ1) is 12.7. The predicted octanol–water partition coefficient (Wildman–Crippen LogP) is 2.72. The summed E-state index contributed by atoms with van der Waals surface area (Å²) in [6.07, 6.45) is 2.89. The molecule has 0 aromatic heterocycles. The van der Waals surface area contributed by atoms with Crippen LogP contribution in [0.3, 0.4) is 0 Å². The number of para-hydroxylation sites is 1. The average molecular weight is 245 g/mol. The molecule has 1 atom stereocenters. The van der Waals surface area contributed by atoms with E-state index in [0.29, 0.717) is 18.0 Å². The van der Waals surface area contributed by atoms with Gasteiger partial charge in [0.1, 0.15) is 0 Å². The van der Waals surface area contributed by atoms with E-state index < -0.39 is 5.97 Å². The molecule has 0 saturated heterocycles. The van der Waals surface area contributed by atoms with Gasteiger partial charge in [-0.3, -0.25) is 0 Å². The third kappa shape index (κ3) is 2.73. The molecule has 0 fully saturated rings. The summed E-state index contributed by atoms with van der Waals surface area (Å²) in [6.45, 7) is 5.53. The third-order valence-electron chi connectivity index (χ3n) is 3.39. The van der Waals surface area contributed by atoms with Crippen molar-refractivity contribution in [1.29, 1.82) is 0 Å². The summed E-state index contributed by atoms with van der Waals surface area (Å²) in [5.74, 6) is -0.230. The monoisotopic (exact) mass is 245 g/mol. The molecule has 1 aromatic rings. The van der Waals surface area contributed by atoms with Gasteiger partial charge in [0.05, 0.1) is 0 Å². The van der Waals surface area contributed by atoms with Gasteiger partial charge in [-0.1, -0.05) is 31.2 Å². The van der Waals surface area contributed by atoms with Crippen molar-refractivity contribution in [2.75, 3.05) is 18.0 Å². The number of anilines is 1. The van der Waals surface area contributed by atoms with Crippen molar-refractivity contribution in [2.24, 2.45) is 5.92 Å². The minimum Gasteiger partial charge on any atom is -0.478 e. The molecule has 18 heavy (non-hydrogen) atoms. The normalized spacial score (nSPS) is 19.6. The quantitative estimate of drug-likeness (QED) is 0.832. The van der Waals surface area contributed by atoms with Crippen molar-refractivity contribution in [3.8, 4) is 0 Å².